The summed E-state index contributed by atoms with van der Waals surface area (Å²) in [5.74, 6) is 0.390. The van der Waals surface area contributed by atoms with E-state index in [4.69, 9.17) is 16.0 Å². The first-order chi connectivity index (χ1) is 13.6. The number of nitrogens with zero attached hydrogens (tertiary/aromatic N) is 1. The number of nitrogens with one attached hydrogen (secondary N) is 1. The third-order valence-corrected chi connectivity index (χ3v) is 6.62. The number of carbonyl (C=O) groups is 1. The number of furan rings is 1. The van der Waals surface area contributed by atoms with Crippen LogP contribution in [0, 0.1) is 0 Å². The van der Waals surface area contributed by atoms with Crippen LogP contribution in [-0.2, 0) is 4.79 Å². The first-order valence-corrected chi connectivity index (χ1v) is 10.9. The van der Waals surface area contributed by atoms with Crippen molar-refractivity contribution in [2.24, 2.45) is 4.99 Å². The molecule has 1 amide bonds. The molecule has 2 aromatic carbocycles. The van der Waals surface area contributed by atoms with Crippen LogP contribution in [-0.4, -0.2) is 11.1 Å². The molecule has 1 aromatic heterocycles. The number of rotatable bonds is 4. The van der Waals surface area contributed by atoms with Crippen LogP contribution in [0.3, 0.4) is 0 Å². The van der Waals surface area contributed by atoms with Gasteiger partial charge in [-0.25, -0.2) is 4.99 Å². The van der Waals surface area contributed by atoms with Gasteiger partial charge in [0.2, 0.25) is 0 Å². The molecule has 1 saturated heterocycles. The summed E-state index contributed by atoms with van der Waals surface area (Å²) < 4.78 is 6.71. The third kappa shape index (κ3) is 4.72. The van der Waals surface area contributed by atoms with Crippen molar-refractivity contribution in [3.63, 3.8) is 0 Å². The molecular formula is C20H12BrClN2O2S2. The maximum atomic E-state index is 12.2. The quantitative estimate of drug-likeness (QED) is 0.411. The Morgan fingerprint density at radius 2 is 1.89 bits per heavy atom. The Hall–Kier alpha value is -1.93. The van der Waals surface area contributed by atoms with E-state index in [0.717, 1.165) is 15.1 Å². The number of benzene rings is 2. The summed E-state index contributed by atoms with van der Waals surface area (Å²) in [7, 11) is 0. The van der Waals surface area contributed by atoms with Gasteiger partial charge in [-0.3, -0.25) is 4.79 Å². The smallest absolute Gasteiger partial charge is 0.264 e. The van der Waals surface area contributed by atoms with Gasteiger partial charge in [0.1, 0.15) is 5.76 Å². The molecule has 4 nitrogen and oxygen atoms in total. The first-order valence-electron chi connectivity index (χ1n) is 8.14. The highest BCUT2D eigenvalue weighted by molar-refractivity contribution is 9.10. The Morgan fingerprint density at radius 1 is 1.14 bits per heavy atom. The number of hydrogen-bond donors (Lipinski definition) is 1. The predicted octanol–water partition coefficient (Wildman–Crippen LogP) is 6.74. The van der Waals surface area contributed by atoms with Crippen LogP contribution in [0.5, 0.6) is 0 Å². The lowest BCUT2D eigenvalue weighted by molar-refractivity contribution is -0.115. The Labute approximate surface area is 183 Å². The van der Waals surface area contributed by atoms with Crippen LogP contribution in [0.1, 0.15) is 5.76 Å². The molecule has 1 aliphatic heterocycles. The minimum Gasteiger partial charge on any atom is -0.449 e. The van der Waals surface area contributed by atoms with E-state index in [1.165, 1.54) is 23.5 Å². The van der Waals surface area contributed by atoms with E-state index >= 15 is 0 Å². The number of halogens is 2. The lowest BCUT2D eigenvalue weighted by Crippen LogP contribution is -2.19. The average molecular weight is 492 g/mol. The van der Waals surface area contributed by atoms with Crippen molar-refractivity contribution in [3.05, 3.63) is 80.8 Å². The van der Waals surface area contributed by atoms with E-state index in [-0.39, 0.29) is 5.91 Å². The van der Waals surface area contributed by atoms with Crippen LogP contribution < -0.4 is 5.32 Å². The molecule has 0 bridgehead atoms. The predicted molar refractivity (Wildman–Crippen MR) is 119 cm³/mol. The van der Waals surface area contributed by atoms with Gasteiger partial charge in [-0.05, 0) is 70.2 Å². The van der Waals surface area contributed by atoms with E-state index in [1.54, 1.807) is 6.08 Å². The van der Waals surface area contributed by atoms with Gasteiger partial charge in [0.15, 0.2) is 10.3 Å². The number of aliphatic imine (C=N–C) groups is 1. The van der Waals surface area contributed by atoms with Crippen LogP contribution in [0.4, 0.5) is 5.69 Å². The van der Waals surface area contributed by atoms with Crippen molar-refractivity contribution in [2.75, 3.05) is 0 Å². The van der Waals surface area contributed by atoms with Gasteiger partial charge in [0, 0.05) is 16.0 Å². The van der Waals surface area contributed by atoms with Gasteiger partial charge >= 0.3 is 0 Å². The van der Waals surface area contributed by atoms with Crippen LogP contribution in [0.2, 0.25) is 5.02 Å². The molecule has 3 aromatic rings. The lowest BCUT2D eigenvalue weighted by Gasteiger charge is -1.98. The fourth-order valence-electron chi connectivity index (χ4n) is 2.35. The average Bonchev–Trinajstić information content (AvgIpc) is 3.20. The summed E-state index contributed by atoms with van der Waals surface area (Å²) in [6, 6.07) is 18.8. The summed E-state index contributed by atoms with van der Waals surface area (Å²) in [5, 5.41) is 4.71. The zero-order valence-corrected chi connectivity index (χ0v) is 18.2. The number of amides is 1. The second-order valence-corrected chi connectivity index (χ2v) is 9.03. The van der Waals surface area contributed by atoms with Crippen molar-refractivity contribution < 1.29 is 9.21 Å². The maximum absolute atomic E-state index is 12.2. The van der Waals surface area contributed by atoms with Gasteiger partial charge in [-0.15, -0.1) is 0 Å². The monoisotopic (exact) mass is 490 g/mol. The maximum Gasteiger partial charge on any atom is 0.264 e. The molecule has 1 aliphatic rings. The van der Waals surface area contributed by atoms with Crippen molar-refractivity contribution in [1.82, 2.24) is 5.32 Å². The molecular weight excluding hydrogens is 480 g/mol. The zero-order valence-electron chi connectivity index (χ0n) is 14.2. The van der Waals surface area contributed by atoms with Crippen molar-refractivity contribution in [3.8, 4) is 0 Å². The molecule has 1 fully saturated rings. The molecule has 0 spiro atoms. The fourth-order valence-corrected chi connectivity index (χ4v) is 4.63. The fraction of sp³-hybridized carbons (Fsp3) is 0. The van der Waals surface area contributed by atoms with Crippen LogP contribution in [0.15, 0.2) is 89.4 Å². The summed E-state index contributed by atoms with van der Waals surface area (Å²) in [6.45, 7) is 0. The van der Waals surface area contributed by atoms with Crippen molar-refractivity contribution >= 4 is 73.9 Å². The molecule has 0 unspecified atom stereocenters. The SMILES string of the molecule is O=C1NC(=Nc2ccccc2)SC1=Cc1cc(Br)c(Sc2ccc(Cl)cc2)o1. The number of thioether (sulfide) groups is 1. The van der Waals surface area contributed by atoms with Gasteiger partial charge in [-0.1, -0.05) is 41.6 Å². The molecule has 1 N–H and O–H groups in total. The first kappa shape index (κ1) is 19.4. The number of carbonyl (C=O) groups excluding carboxylic acids is 1. The Balaban J connectivity index is 1.52. The molecule has 8 heteroatoms. The van der Waals surface area contributed by atoms with Gasteiger partial charge < -0.3 is 9.73 Å². The molecule has 140 valence electrons. The minimum absolute atomic E-state index is 0.195. The number of hydrogen-bond acceptors (Lipinski definition) is 5. The number of para-hydroxylation sites is 1. The highest BCUT2D eigenvalue weighted by Gasteiger charge is 2.24. The molecule has 0 aliphatic carbocycles. The summed E-state index contributed by atoms with van der Waals surface area (Å²) in [5.41, 5.74) is 0.786. The van der Waals surface area contributed by atoms with Gasteiger partial charge in [-0.2, -0.15) is 0 Å². The summed E-state index contributed by atoms with van der Waals surface area (Å²) in [4.78, 5) is 18.2. The van der Waals surface area contributed by atoms with Crippen molar-refractivity contribution in [2.45, 2.75) is 9.99 Å². The third-order valence-electron chi connectivity index (χ3n) is 3.61. The molecule has 2 heterocycles. The number of amidine groups is 1. The van der Waals surface area contributed by atoms with E-state index in [1.807, 2.05) is 60.7 Å². The second-order valence-electron chi connectivity index (χ2n) is 5.66. The molecule has 28 heavy (non-hydrogen) atoms. The molecule has 0 atom stereocenters. The largest absolute Gasteiger partial charge is 0.449 e. The van der Waals surface area contributed by atoms with Crippen LogP contribution >= 0.6 is 51.1 Å². The van der Waals surface area contributed by atoms with E-state index in [9.17, 15) is 4.79 Å². The van der Waals surface area contributed by atoms with Crippen molar-refractivity contribution in [1.29, 1.82) is 0 Å². The topological polar surface area (TPSA) is 54.6 Å². The Bertz CT molecular complexity index is 1080. The Morgan fingerprint density at radius 3 is 2.64 bits per heavy atom. The zero-order chi connectivity index (χ0) is 19.5. The Kier molecular flexibility index (Phi) is 5.96. The molecule has 0 radical (unpaired) electrons. The highest BCUT2D eigenvalue weighted by Crippen LogP contribution is 2.38. The van der Waals surface area contributed by atoms with Crippen LogP contribution in [0.25, 0.3) is 6.08 Å². The summed E-state index contributed by atoms with van der Waals surface area (Å²) >= 11 is 12.2. The lowest BCUT2D eigenvalue weighted by atomic mass is 10.3. The molecule has 4 rings (SSSR count). The van der Waals surface area contributed by atoms with E-state index in [0.29, 0.717) is 25.9 Å². The van der Waals surface area contributed by atoms with E-state index < -0.39 is 0 Å². The highest BCUT2D eigenvalue weighted by atomic mass is 79.9. The summed E-state index contributed by atoms with van der Waals surface area (Å²) in [6.07, 6.45) is 1.71. The van der Waals surface area contributed by atoms with E-state index in [2.05, 4.69) is 26.2 Å². The standard InChI is InChI=1S/C20H12BrClN2O2S2/c21-16-10-14(26-19(16)27-15-8-6-12(22)7-9-15)11-17-18(25)24-20(28-17)23-13-4-2-1-3-5-13/h1-11H,(H,23,24,25). The normalized spacial score (nSPS) is 16.7. The minimum atomic E-state index is -0.195. The van der Waals surface area contributed by atoms with Gasteiger partial charge in [0.05, 0.1) is 15.1 Å². The second kappa shape index (κ2) is 8.61. The molecule has 0 saturated carbocycles. The van der Waals surface area contributed by atoms with Gasteiger partial charge in [0.25, 0.3) is 5.91 Å².